The Morgan fingerprint density at radius 2 is 2.24 bits per heavy atom. The average Bonchev–Trinajstić information content (AvgIpc) is 2.39. The molecule has 0 amide bonds. The van der Waals surface area contributed by atoms with Crippen molar-refractivity contribution in [1.29, 1.82) is 0 Å². The standard InChI is InChI=1S/C15H24N2/c1-2-7-17-10-13-9-12(14(17)5-1)8-11-4-3-6-16-15(11)13/h8,12-16H,1-7,9-10H2/t12-,13+,14+,15-/m0/s1. The zero-order valence-electron chi connectivity index (χ0n) is 10.7. The first-order valence-electron chi connectivity index (χ1n) is 7.60. The smallest absolute Gasteiger partial charge is 0.0320 e. The lowest BCUT2D eigenvalue weighted by molar-refractivity contribution is 0.0271. The van der Waals surface area contributed by atoms with Crippen molar-refractivity contribution in [1.82, 2.24) is 10.2 Å². The van der Waals surface area contributed by atoms with Crippen LogP contribution in [0.2, 0.25) is 0 Å². The van der Waals surface area contributed by atoms with E-state index in [-0.39, 0.29) is 0 Å². The minimum Gasteiger partial charge on any atom is -0.310 e. The van der Waals surface area contributed by atoms with E-state index in [2.05, 4.69) is 16.3 Å². The molecule has 3 saturated heterocycles. The number of piperidine rings is 3. The summed E-state index contributed by atoms with van der Waals surface area (Å²) in [5.74, 6) is 1.80. The molecule has 0 aromatic carbocycles. The molecule has 1 N–H and O–H groups in total. The Balaban J connectivity index is 1.64. The predicted octanol–water partition coefficient (Wildman–Crippen LogP) is 2.17. The van der Waals surface area contributed by atoms with Gasteiger partial charge >= 0.3 is 0 Å². The highest BCUT2D eigenvalue weighted by Crippen LogP contribution is 2.42. The van der Waals surface area contributed by atoms with E-state index in [1.54, 1.807) is 5.57 Å². The molecule has 2 nitrogen and oxygen atoms in total. The highest BCUT2D eigenvalue weighted by atomic mass is 15.2. The first-order valence-corrected chi connectivity index (χ1v) is 7.60. The lowest BCUT2D eigenvalue weighted by Gasteiger charge is -2.52. The molecule has 94 valence electrons. The molecule has 0 spiro atoms. The fourth-order valence-electron chi connectivity index (χ4n) is 4.80. The Morgan fingerprint density at radius 1 is 1.24 bits per heavy atom. The summed E-state index contributed by atoms with van der Waals surface area (Å²) in [7, 11) is 0. The van der Waals surface area contributed by atoms with Crippen molar-refractivity contribution in [3.8, 4) is 0 Å². The van der Waals surface area contributed by atoms with E-state index < -0.39 is 0 Å². The molecule has 17 heavy (non-hydrogen) atoms. The number of nitrogens with zero attached hydrogens (tertiary/aromatic N) is 1. The van der Waals surface area contributed by atoms with Gasteiger partial charge in [-0.1, -0.05) is 18.1 Å². The summed E-state index contributed by atoms with van der Waals surface area (Å²) in [6, 6.07) is 1.64. The highest BCUT2D eigenvalue weighted by Gasteiger charge is 2.43. The van der Waals surface area contributed by atoms with Crippen molar-refractivity contribution in [2.45, 2.75) is 50.6 Å². The fourth-order valence-corrected chi connectivity index (χ4v) is 4.80. The summed E-state index contributed by atoms with van der Waals surface area (Å²) in [5.41, 5.74) is 1.77. The molecule has 0 radical (unpaired) electrons. The van der Waals surface area contributed by atoms with Crippen LogP contribution in [0.3, 0.4) is 0 Å². The molecule has 2 bridgehead atoms. The summed E-state index contributed by atoms with van der Waals surface area (Å²) >= 11 is 0. The molecule has 0 aromatic rings. The van der Waals surface area contributed by atoms with Crippen molar-refractivity contribution in [3.63, 3.8) is 0 Å². The van der Waals surface area contributed by atoms with Crippen LogP contribution < -0.4 is 5.32 Å². The molecule has 0 unspecified atom stereocenters. The number of hydrogen-bond acceptors (Lipinski definition) is 2. The van der Waals surface area contributed by atoms with Crippen LogP contribution in [0.15, 0.2) is 11.6 Å². The minimum atomic E-state index is 0.739. The molecule has 4 rings (SSSR count). The summed E-state index contributed by atoms with van der Waals surface area (Å²) < 4.78 is 0. The Kier molecular flexibility index (Phi) is 2.55. The topological polar surface area (TPSA) is 15.3 Å². The van der Waals surface area contributed by atoms with Crippen molar-refractivity contribution in [3.05, 3.63) is 11.6 Å². The van der Waals surface area contributed by atoms with E-state index in [4.69, 9.17) is 0 Å². The maximum Gasteiger partial charge on any atom is 0.0320 e. The SMILES string of the molecule is C1=C2CCCN[C@@H]2[C@@H]2C[C@H]1[C@H]1CCCCN1C2. The van der Waals surface area contributed by atoms with Crippen LogP contribution in [0.1, 0.15) is 38.5 Å². The maximum atomic E-state index is 3.78. The summed E-state index contributed by atoms with van der Waals surface area (Å²) in [4.78, 5) is 2.81. The Hall–Kier alpha value is -0.340. The number of hydrogen-bond donors (Lipinski definition) is 1. The van der Waals surface area contributed by atoms with Crippen LogP contribution in [0.4, 0.5) is 0 Å². The largest absolute Gasteiger partial charge is 0.310 e. The van der Waals surface area contributed by atoms with Crippen molar-refractivity contribution >= 4 is 0 Å². The quantitative estimate of drug-likeness (QED) is 0.644. The predicted molar refractivity (Wildman–Crippen MR) is 69.9 cm³/mol. The number of rotatable bonds is 0. The number of nitrogens with one attached hydrogen (secondary N) is 1. The number of fused-ring (bicyclic) bond motifs is 6. The molecule has 3 fully saturated rings. The van der Waals surface area contributed by atoms with Gasteiger partial charge in [-0.2, -0.15) is 0 Å². The van der Waals surface area contributed by atoms with E-state index in [1.165, 1.54) is 58.2 Å². The van der Waals surface area contributed by atoms with Crippen LogP contribution in [-0.4, -0.2) is 36.6 Å². The third-order valence-corrected chi connectivity index (χ3v) is 5.51. The van der Waals surface area contributed by atoms with E-state index in [0.29, 0.717) is 0 Å². The van der Waals surface area contributed by atoms with Gasteiger partial charge in [0.1, 0.15) is 0 Å². The van der Waals surface area contributed by atoms with Crippen molar-refractivity contribution in [2.75, 3.05) is 19.6 Å². The van der Waals surface area contributed by atoms with Crippen LogP contribution >= 0.6 is 0 Å². The average molecular weight is 232 g/mol. The van der Waals surface area contributed by atoms with E-state index >= 15 is 0 Å². The van der Waals surface area contributed by atoms with Gasteiger partial charge in [0.2, 0.25) is 0 Å². The summed E-state index contributed by atoms with van der Waals surface area (Å²) in [6.07, 6.45) is 11.2. The van der Waals surface area contributed by atoms with E-state index in [9.17, 15) is 0 Å². The van der Waals surface area contributed by atoms with Gasteiger partial charge < -0.3 is 5.32 Å². The van der Waals surface area contributed by atoms with Gasteiger partial charge in [-0.05, 0) is 57.0 Å². The molecule has 3 aliphatic heterocycles. The molecular formula is C15H24N2. The molecule has 3 heterocycles. The van der Waals surface area contributed by atoms with Gasteiger partial charge in [-0.25, -0.2) is 0 Å². The Morgan fingerprint density at radius 3 is 3.24 bits per heavy atom. The lowest BCUT2D eigenvalue weighted by atomic mass is 9.68. The van der Waals surface area contributed by atoms with Gasteiger partial charge in [-0.3, -0.25) is 4.90 Å². The van der Waals surface area contributed by atoms with Gasteiger partial charge in [0.15, 0.2) is 0 Å². The van der Waals surface area contributed by atoms with Crippen molar-refractivity contribution < 1.29 is 0 Å². The Labute approximate surface area is 104 Å². The van der Waals surface area contributed by atoms with Gasteiger partial charge in [0, 0.05) is 18.6 Å². The molecule has 0 saturated carbocycles. The third kappa shape index (κ3) is 1.68. The minimum absolute atomic E-state index is 0.739. The molecule has 4 aliphatic rings. The molecular weight excluding hydrogens is 208 g/mol. The maximum absolute atomic E-state index is 3.78. The van der Waals surface area contributed by atoms with Gasteiger partial charge in [-0.15, -0.1) is 0 Å². The van der Waals surface area contributed by atoms with Gasteiger partial charge in [0.05, 0.1) is 0 Å². The van der Waals surface area contributed by atoms with Crippen LogP contribution in [0.25, 0.3) is 0 Å². The molecule has 2 heteroatoms. The lowest BCUT2D eigenvalue weighted by Crippen LogP contribution is -2.58. The first-order chi connectivity index (χ1) is 8.42. The normalized spacial score (nSPS) is 45.8. The molecule has 4 atom stereocenters. The first kappa shape index (κ1) is 10.6. The van der Waals surface area contributed by atoms with Gasteiger partial charge in [0.25, 0.3) is 0 Å². The van der Waals surface area contributed by atoms with Crippen LogP contribution in [-0.2, 0) is 0 Å². The summed E-state index contributed by atoms with van der Waals surface area (Å²) in [5, 5.41) is 3.78. The van der Waals surface area contributed by atoms with Crippen LogP contribution in [0, 0.1) is 11.8 Å². The second-order valence-corrected chi connectivity index (χ2v) is 6.49. The van der Waals surface area contributed by atoms with Crippen molar-refractivity contribution in [2.24, 2.45) is 11.8 Å². The second-order valence-electron chi connectivity index (χ2n) is 6.49. The fraction of sp³-hybridized carbons (Fsp3) is 0.867. The molecule has 1 aliphatic carbocycles. The van der Waals surface area contributed by atoms with E-state index in [1.807, 2.05) is 0 Å². The third-order valence-electron chi connectivity index (χ3n) is 5.51. The highest BCUT2D eigenvalue weighted by molar-refractivity contribution is 5.23. The molecule has 0 aromatic heterocycles. The van der Waals surface area contributed by atoms with Crippen LogP contribution in [0.5, 0.6) is 0 Å². The van der Waals surface area contributed by atoms with E-state index in [0.717, 1.165) is 23.9 Å². The monoisotopic (exact) mass is 232 g/mol. The Bertz CT molecular complexity index is 336. The zero-order chi connectivity index (χ0) is 11.2. The second kappa shape index (κ2) is 4.10. The summed E-state index contributed by atoms with van der Waals surface area (Å²) in [6.45, 7) is 3.98. The zero-order valence-corrected chi connectivity index (χ0v) is 10.7.